The number of Topliss-reactive ketones (excluding diaryl/α,β-unsaturated/α-hetero) is 1. The average Bonchev–Trinajstić information content (AvgIpc) is 3.63. The highest BCUT2D eigenvalue weighted by atomic mass is 16.5. The number of carbonyl (C=O) groups excluding carboxylic acids is 3. The quantitative estimate of drug-likeness (QED) is 0.354. The van der Waals surface area contributed by atoms with Crippen LogP contribution >= 0.6 is 0 Å². The van der Waals surface area contributed by atoms with Crippen molar-refractivity contribution in [2.45, 2.75) is 32.3 Å². The van der Waals surface area contributed by atoms with Gasteiger partial charge in [0.1, 0.15) is 19.0 Å². The second-order valence-electron chi connectivity index (χ2n) is 7.87. The molecule has 2 aliphatic carbocycles. The normalized spacial score (nSPS) is 14.2. The Morgan fingerprint density at radius 2 is 1.45 bits per heavy atom. The smallest absolute Gasteiger partial charge is 0.338 e. The number of rotatable bonds is 10. The van der Waals surface area contributed by atoms with Crippen molar-refractivity contribution in [2.75, 3.05) is 6.61 Å². The van der Waals surface area contributed by atoms with Crippen molar-refractivity contribution in [3.05, 3.63) is 107 Å². The number of allylic oxidation sites excluding steroid dienone is 7. The largest absolute Gasteiger partial charge is 0.466 e. The highest BCUT2D eigenvalue weighted by molar-refractivity contribution is 6.03. The number of hydrogen-bond acceptors (Lipinski definition) is 6. The Morgan fingerprint density at radius 1 is 0.818 bits per heavy atom. The lowest BCUT2D eigenvalue weighted by Gasteiger charge is -2.10. The van der Waals surface area contributed by atoms with Crippen molar-refractivity contribution in [3.8, 4) is 0 Å². The molecule has 0 fully saturated rings. The molecular formula is C27H24O6. The van der Waals surface area contributed by atoms with Gasteiger partial charge in [-0.1, -0.05) is 42.0 Å². The van der Waals surface area contributed by atoms with E-state index in [9.17, 15) is 14.4 Å². The summed E-state index contributed by atoms with van der Waals surface area (Å²) in [6.45, 7) is 0.107. The highest BCUT2D eigenvalue weighted by Crippen LogP contribution is 2.21. The summed E-state index contributed by atoms with van der Waals surface area (Å²) in [6.07, 6.45) is 15.8. The van der Waals surface area contributed by atoms with Gasteiger partial charge in [0.2, 0.25) is 0 Å². The van der Waals surface area contributed by atoms with Crippen molar-refractivity contribution in [1.82, 2.24) is 0 Å². The summed E-state index contributed by atoms with van der Waals surface area (Å²) in [5.41, 5.74) is 2.69. The third kappa shape index (κ3) is 6.07. The summed E-state index contributed by atoms with van der Waals surface area (Å²) in [6, 6.07) is 7.73. The third-order valence-corrected chi connectivity index (χ3v) is 5.41. The van der Waals surface area contributed by atoms with Crippen LogP contribution in [0.15, 0.2) is 88.6 Å². The number of carbonyl (C=O) groups is 3. The maximum absolute atomic E-state index is 12.9. The molecule has 1 heterocycles. The van der Waals surface area contributed by atoms with E-state index >= 15 is 0 Å². The van der Waals surface area contributed by atoms with Crippen molar-refractivity contribution >= 4 is 17.7 Å². The molecule has 0 atom stereocenters. The van der Waals surface area contributed by atoms with Gasteiger partial charge in [-0.05, 0) is 55.2 Å². The van der Waals surface area contributed by atoms with Crippen LogP contribution in [0.5, 0.6) is 0 Å². The Balaban J connectivity index is 1.49. The lowest BCUT2D eigenvalue weighted by Crippen LogP contribution is -2.13. The second kappa shape index (κ2) is 10.6. The van der Waals surface area contributed by atoms with Gasteiger partial charge in [0, 0.05) is 12.0 Å². The molecular weight excluding hydrogens is 420 g/mol. The van der Waals surface area contributed by atoms with Gasteiger partial charge in [-0.2, -0.15) is 0 Å². The summed E-state index contributed by atoms with van der Waals surface area (Å²) in [5, 5.41) is 0. The molecule has 0 saturated carbocycles. The number of ether oxygens (including phenoxy) is 2. The Bertz CT molecular complexity index is 1100. The van der Waals surface area contributed by atoms with Crippen LogP contribution in [0.1, 0.15) is 62.5 Å². The zero-order chi connectivity index (χ0) is 23.0. The van der Waals surface area contributed by atoms with E-state index in [0.29, 0.717) is 12.2 Å². The fraction of sp³-hybridized carbons (Fsp3) is 0.222. The topological polar surface area (TPSA) is 82.8 Å². The van der Waals surface area contributed by atoms with Crippen LogP contribution in [0, 0.1) is 0 Å². The molecule has 0 unspecified atom stereocenters. The Kier molecular flexibility index (Phi) is 7.15. The second-order valence-corrected chi connectivity index (χ2v) is 7.87. The van der Waals surface area contributed by atoms with E-state index in [0.717, 1.165) is 18.4 Å². The first-order chi connectivity index (χ1) is 16.1. The lowest BCUT2D eigenvalue weighted by molar-refractivity contribution is 0.0445. The molecule has 4 rings (SSSR count). The zero-order valence-electron chi connectivity index (χ0n) is 18.1. The minimum absolute atomic E-state index is 0.0495. The van der Waals surface area contributed by atoms with Gasteiger partial charge in [0.05, 0.1) is 17.4 Å². The molecule has 2 aliphatic rings. The first-order valence-corrected chi connectivity index (χ1v) is 10.8. The molecule has 0 radical (unpaired) electrons. The van der Waals surface area contributed by atoms with Crippen molar-refractivity contribution in [1.29, 1.82) is 0 Å². The van der Waals surface area contributed by atoms with E-state index < -0.39 is 11.9 Å². The van der Waals surface area contributed by atoms with Crippen molar-refractivity contribution < 1.29 is 28.3 Å². The summed E-state index contributed by atoms with van der Waals surface area (Å²) in [7, 11) is 0. The molecule has 0 amide bonds. The molecule has 2 aromatic rings. The van der Waals surface area contributed by atoms with Crippen molar-refractivity contribution in [3.63, 3.8) is 0 Å². The Labute approximate surface area is 191 Å². The van der Waals surface area contributed by atoms with E-state index in [1.807, 2.05) is 36.5 Å². The SMILES string of the molecule is O=C(CCC1=CC=CC1)c1cc(C(=O)OCC2=CC=CC2)cc(C(=O)OCc2ccco2)c1. The minimum atomic E-state index is -0.652. The number of benzene rings is 1. The molecule has 1 aromatic heterocycles. The lowest BCUT2D eigenvalue weighted by atomic mass is 9.98. The fourth-order valence-electron chi connectivity index (χ4n) is 3.57. The van der Waals surface area contributed by atoms with Crippen molar-refractivity contribution in [2.24, 2.45) is 0 Å². The summed E-state index contributed by atoms with van der Waals surface area (Å²) in [5.74, 6) is -0.909. The van der Waals surface area contributed by atoms with Crippen LogP contribution in [0.3, 0.4) is 0 Å². The third-order valence-electron chi connectivity index (χ3n) is 5.41. The van der Waals surface area contributed by atoms with Crippen LogP contribution in [0.2, 0.25) is 0 Å². The van der Waals surface area contributed by atoms with Crippen LogP contribution in [0.25, 0.3) is 0 Å². The summed E-state index contributed by atoms with van der Waals surface area (Å²) in [4.78, 5) is 38.2. The van der Waals surface area contributed by atoms with Crippen LogP contribution in [0.4, 0.5) is 0 Å². The molecule has 0 spiro atoms. The highest BCUT2D eigenvalue weighted by Gasteiger charge is 2.19. The van der Waals surface area contributed by atoms with Gasteiger partial charge in [-0.3, -0.25) is 4.79 Å². The number of furan rings is 1. The van der Waals surface area contributed by atoms with Gasteiger partial charge in [-0.25, -0.2) is 9.59 Å². The predicted octanol–water partition coefficient (Wildman–Crippen LogP) is 5.53. The Hall–Kier alpha value is -3.93. The minimum Gasteiger partial charge on any atom is -0.466 e. The monoisotopic (exact) mass is 444 g/mol. The van der Waals surface area contributed by atoms with Crippen LogP contribution in [-0.2, 0) is 16.1 Å². The standard InChI is InChI=1S/C27H24O6/c28-25(12-11-19-6-1-2-7-19)21-14-22(26(29)32-17-20-8-3-4-9-20)16-23(15-21)27(30)33-18-24-10-5-13-31-24/h1-6,8,10,13-16H,7,9,11-12,17-18H2. The molecule has 0 saturated heterocycles. The van der Waals surface area contributed by atoms with Gasteiger partial charge in [-0.15, -0.1) is 0 Å². The summed E-state index contributed by atoms with van der Waals surface area (Å²) < 4.78 is 15.9. The number of esters is 2. The van der Waals surface area contributed by atoms with E-state index in [4.69, 9.17) is 13.9 Å². The molecule has 6 nitrogen and oxygen atoms in total. The van der Waals surface area contributed by atoms with Gasteiger partial charge >= 0.3 is 11.9 Å². The van der Waals surface area contributed by atoms with Gasteiger partial charge in [0.25, 0.3) is 0 Å². The molecule has 1 aromatic carbocycles. The van der Waals surface area contributed by atoms with E-state index in [1.54, 1.807) is 12.1 Å². The molecule has 33 heavy (non-hydrogen) atoms. The summed E-state index contributed by atoms with van der Waals surface area (Å²) >= 11 is 0. The first-order valence-electron chi connectivity index (χ1n) is 10.8. The molecule has 0 N–H and O–H groups in total. The van der Waals surface area contributed by atoms with Gasteiger partial charge < -0.3 is 13.9 Å². The van der Waals surface area contributed by atoms with Gasteiger partial charge in [0.15, 0.2) is 5.78 Å². The first kappa shape index (κ1) is 22.3. The van der Waals surface area contributed by atoms with E-state index in [-0.39, 0.29) is 42.1 Å². The fourth-order valence-corrected chi connectivity index (χ4v) is 3.57. The number of ketones is 1. The van der Waals surface area contributed by atoms with Crippen LogP contribution < -0.4 is 0 Å². The number of hydrogen-bond donors (Lipinski definition) is 0. The zero-order valence-corrected chi connectivity index (χ0v) is 18.1. The molecule has 168 valence electrons. The van der Waals surface area contributed by atoms with E-state index in [2.05, 4.69) is 0 Å². The average molecular weight is 444 g/mol. The Morgan fingerprint density at radius 3 is 2.06 bits per heavy atom. The predicted molar refractivity (Wildman–Crippen MR) is 122 cm³/mol. The maximum atomic E-state index is 12.9. The van der Waals surface area contributed by atoms with E-state index in [1.165, 1.54) is 30.0 Å². The van der Waals surface area contributed by atoms with Crippen LogP contribution in [-0.4, -0.2) is 24.3 Å². The maximum Gasteiger partial charge on any atom is 0.338 e. The molecule has 0 bridgehead atoms. The molecule has 0 aliphatic heterocycles. The molecule has 6 heteroatoms.